The van der Waals surface area contributed by atoms with Gasteiger partial charge in [0.25, 0.3) is 0 Å². The first-order chi connectivity index (χ1) is 7.90. The fourth-order valence-corrected chi connectivity index (χ4v) is 2.92. The summed E-state index contributed by atoms with van der Waals surface area (Å²) in [6.45, 7) is 3.42. The zero-order chi connectivity index (χ0) is 11.2. The summed E-state index contributed by atoms with van der Waals surface area (Å²) < 4.78 is 0. The predicted molar refractivity (Wildman–Crippen MR) is 72.0 cm³/mol. The van der Waals surface area contributed by atoms with E-state index < -0.39 is 0 Å². The predicted octanol–water partition coefficient (Wildman–Crippen LogP) is 3.56. The molecule has 1 N–H and O–H groups in total. The van der Waals surface area contributed by atoms with Crippen LogP contribution >= 0.6 is 11.8 Å². The van der Waals surface area contributed by atoms with Crippen molar-refractivity contribution in [2.75, 3.05) is 12.3 Å². The molecule has 2 heteroatoms. The molecule has 0 amide bonds. The molecule has 1 aliphatic rings. The third-order valence-electron chi connectivity index (χ3n) is 3.10. The number of benzene rings is 1. The van der Waals surface area contributed by atoms with Gasteiger partial charge in [-0.1, -0.05) is 31.5 Å². The van der Waals surface area contributed by atoms with Crippen LogP contribution in [0.2, 0.25) is 0 Å². The number of hydrogen-bond acceptors (Lipinski definition) is 2. The number of rotatable bonds is 7. The summed E-state index contributed by atoms with van der Waals surface area (Å²) in [5.41, 5.74) is 0. The van der Waals surface area contributed by atoms with Crippen LogP contribution in [0.25, 0.3) is 0 Å². The van der Waals surface area contributed by atoms with Crippen LogP contribution in [0.4, 0.5) is 0 Å². The van der Waals surface area contributed by atoms with Crippen molar-refractivity contribution in [2.45, 2.75) is 37.1 Å². The minimum atomic E-state index is 0.830. The van der Waals surface area contributed by atoms with E-state index in [0.717, 1.165) is 18.5 Å². The highest BCUT2D eigenvalue weighted by Crippen LogP contribution is 2.34. The molecule has 1 aliphatic carbocycles. The Morgan fingerprint density at radius 2 is 2.12 bits per heavy atom. The van der Waals surface area contributed by atoms with Gasteiger partial charge in [0.1, 0.15) is 0 Å². The van der Waals surface area contributed by atoms with Crippen molar-refractivity contribution in [3.63, 3.8) is 0 Å². The van der Waals surface area contributed by atoms with E-state index in [1.807, 2.05) is 11.8 Å². The van der Waals surface area contributed by atoms with Gasteiger partial charge in [-0.25, -0.2) is 0 Å². The Morgan fingerprint density at radius 1 is 1.31 bits per heavy atom. The number of hydrogen-bond donors (Lipinski definition) is 1. The fraction of sp³-hybridized carbons (Fsp3) is 0.571. The van der Waals surface area contributed by atoms with Crippen LogP contribution in [0.5, 0.6) is 0 Å². The summed E-state index contributed by atoms with van der Waals surface area (Å²) in [7, 11) is 0. The maximum atomic E-state index is 3.64. The largest absolute Gasteiger partial charge is 0.313 e. The van der Waals surface area contributed by atoms with Gasteiger partial charge in [0, 0.05) is 23.2 Å². The van der Waals surface area contributed by atoms with Crippen molar-refractivity contribution in [2.24, 2.45) is 5.92 Å². The molecule has 0 aromatic heterocycles. The second kappa shape index (κ2) is 6.31. The molecule has 88 valence electrons. The summed E-state index contributed by atoms with van der Waals surface area (Å²) in [5, 5.41) is 3.64. The Labute approximate surface area is 103 Å². The van der Waals surface area contributed by atoms with Crippen molar-refractivity contribution in [1.29, 1.82) is 0 Å². The van der Waals surface area contributed by atoms with Crippen LogP contribution in [0.1, 0.15) is 26.2 Å². The Balaban J connectivity index is 1.53. The van der Waals surface area contributed by atoms with E-state index in [1.165, 1.54) is 29.9 Å². The minimum absolute atomic E-state index is 0.830. The molecule has 2 rings (SSSR count). The maximum Gasteiger partial charge on any atom is 0.0106 e. The SMILES string of the molecule is CCCC1CC1NCCSc1ccccc1. The molecule has 16 heavy (non-hydrogen) atoms. The summed E-state index contributed by atoms with van der Waals surface area (Å²) in [4.78, 5) is 1.38. The molecule has 0 spiro atoms. The normalized spacial score (nSPS) is 23.3. The molecule has 1 aromatic rings. The van der Waals surface area contributed by atoms with E-state index in [2.05, 4.69) is 42.6 Å². The van der Waals surface area contributed by atoms with Crippen LogP contribution in [0, 0.1) is 5.92 Å². The molecule has 0 aliphatic heterocycles. The monoisotopic (exact) mass is 235 g/mol. The third kappa shape index (κ3) is 3.84. The van der Waals surface area contributed by atoms with Crippen LogP contribution in [0.3, 0.4) is 0 Å². The lowest BCUT2D eigenvalue weighted by atomic mass is 10.2. The summed E-state index contributed by atoms with van der Waals surface area (Å²) in [5.74, 6) is 2.16. The molecule has 1 saturated carbocycles. The summed E-state index contributed by atoms with van der Waals surface area (Å²) >= 11 is 1.94. The third-order valence-corrected chi connectivity index (χ3v) is 4.12. The maximum absolute atomic E-state index is 3.64. The lowest BCUT2D eigenvalue weighted by Gasteiger charge is -2.04. The molecule has 0 radical (unpaired) electrons. The zero-order valence-electron chi connectivity index (χ0n) is 9.99. The lowest BCUT2D eigenvalue weighted by molar-refractivity contribution is 0.616. The van der Waals surface area contributed by atoms with Gasteiger partial charge in [0.15, 0.2) is 0 Å². The van der Waals surface area contributed by atoms with Gasteiger partial charge in [0.2, 0.25) is 0 Å². The fourth-order valence-electron chi connectivity index (χ4n) is 2.12. The molecule has 2 atom stereocenters. The average Bonchev–Trinajstić information content (AvgIpc) is 3.05. The molecule has 1 fully saturated rings. The average molecular weight is 235 g/mol. The smallest absolute Gasteiger partial charge is 0.0106 e. The highest BCUT2D eigenvalue weighted by atomic mass is 32.2. The van der Waals surface area contributed by atoms with Crippen molar-refractivity contribution >= 4 is 11.8 Å². The quantitative estimate of drug-likeness (QED) is 0.573. The number of thioether (sulfide) groups is 1. The standard InChI is InChI=1S/C14H21NS/c1-2-6-12-11-14(12)15-9-10-16-13-7-4-3-5-8-13/h3-5,7-8,12,14-15H,2,6,9-11H2,1H3. The first-order valence-corrected chi connectivity index (χ1v) is 7.30. The van der Waals surface area contributed by atoms with Gasteiger partial charge in [0.05, 0.1) is 0 Å². The Hall–Kier alpha value is -0.470. The van der Waals surface area contributed by atoms with Crippen LogP contribution < -0.4 is 5.32 Å². The molecule has 1 aromatic carbocycles. The highest BCUT2D eigenvalue weighted by molar-refractivity contribution is 7.99. The van der Waals surface area contributed by atoms with E-state index >= 15 is 0 Å². The van der Waals surface area contributed by atoms with Gasteiger partial charge in [-0.05, 0) is 30.9 Å². The Bertz CT molecular complexity index is 299. The van der Waals surface area contributed by atoms with Gasteiger partial charge in [-0.2, -0.15) is 0 Å². The van der Waals surface area contributed by atoms with E-state index in [1.54, 1.807) is 0 Å². The summed E-state index contributed by atoms with van der Waals surface area (Å²) in [6, 6.07) is 11.5. The second-order valence-electron chi connectivity index (χ2n) is 4.51. The van der Waals surface area contributed by atoms with E-state index in [4.69, 9.17) is 0 Å². The van der Waals surface area contributed by atoms with Gasteiger partial charge in [-0.15, -0.1) is 11.8 Å². The highest BCUT2D eigenvalue weighted by Gasteiger charge is 2.34. The first kappa shape index (κ1) is 12.0. The molecule has 0 heterocycles. The number of nitrogens with one attached hydrogen (secondary N) is 1. The van der Waals surface area contributed by atoms with E-state index in [-0.39, 0.29) is 0 Å². The van der Waals surface area contributed by atoms with Crippen molar-refractivity contribution in [3.8, 4) is 0 Å². The van der Waals surface area contributed by atoms with Gasteiger partial charge >= 0.3 is 0 Å². The van der Waals surface area contributed by atoms with Crippen LogP contribution in [-0.2, 0) is 0 Å². The first-order valence-electron chi connectivity index (χ1n) is 6.31. The zero-order valence-corrected chi connectivity index (χ0v) is 10.8. The van der Waals surface area contributed by atoms with Crippen LogP contribution in [-0.4, -0.2) is 18.3 Å². The Morgan fingerprint density at radius 3 is 2.88 bits per heavy atom. The lowest BCUT2D eigenvalue weighted by Crippen LogP contribution is -2.21. The molecule has 0 bridgehead atoms. The topological polar surface area (TPSA) is 12.0 Å². The molecule has 1 nitrogen and oxygen atoms in total. The summed E-state index contributed by atoms with van der Waals surface area (Å²) in [6.07, 6.45) is 4.15. The van der Waals surface area contributed by atoms with E-state index in [0.29, 0.717) is 0 Å². The van der Waals surface area contributed by atoms with Gasteiger partial charge in [-0.3, -0.25) is 0 Å². The minimum Gasteiger partial charge on any atom is -0.313 e. The van der Waals surface area contributed by atoms with Crippen molar-refractivity contribution < 1.29 is 0 Å². The second-order valence-corrected chi connectivity index (χ2v) is 5.67. The van der Waals surface area contributed by atoms with Gasteiger partial charge < -0.3 is 5.32 Å². The molecular formula is C14H21NS. The molecule has 0 saturated heterocycles. The van der Waals surface area contributed by atoms with E-state index in [9.17, 15) is 0 Å². The van der Waals surface area contributed by atoms with Crippen LogP contribution in [0.15, 0.2) is 35.2 Å². The Kier molecular flexibility index (Phi) is 4.73. The molecular weight excluding hydrogens is 214 g/mol. The van der Waals surface area contributed by atoms with Crippen molar-refractivity contribution in [1.82, 2.24) is 5.32 Å². The van der Waals surface area contributed by atoms with Crippen molar-refractivity contribution in [3.05, 3.63) is 30.3 Å². The molecule has 2 unspecified atom stereocenters.